The second-order valence-corrected chi connectivity index (χ2v) is 3.86. The van der Waals surface area contributed by atoms with E-state index in [4.69, 9.17) is 20.9 Å². The highest BCUT2D eigenvalue weighted by molar-refractivity contribution is 5.41. The number of rotatable bonds is 4. The zero-order valence-electron chi connectivity index (χ0n) is 9.41. The average Bonchev–Trinajstić information content (AvgIpc) is 2.16. The third-order valence-corrected chi connectivity index (χ3v) is 2.07. The fourth-order valence-electron chi connectivity index (χ4n) is 1.41. The lowest BCUT2D eigenvalue weighted by atomic mass is 10.0. The summed E-state index contributed by atoms with van der Waals surface area (Å²) < 4.78 is 10.3. The molecule has 0 aromatic heterocycles. The van der Waals surface area contributed by atoms with Crippen LogP contribution in [0.2, 0.25) is 0 Å². The van der Waals surface area contributed by atoms with Gasteiger partial charge in [-0.05, 0) is 18.6 Å². The fourth-order valence-corrected chi connectivity index (χ4v) is 1.41. The summed E-state index contributed by atoms with van der Waals surface area (Å²) >= 11 is 0. The molecular weight excluding hydrogens is 192 g/mol. The Morgan fingerprint density at radius 1 is 1.20 bits per heavy atom. The van der Waals surface area contributed by atoms with Crippen LogP contribution in [0.5, 0.6) is 11.5 Å². The smallest absolute Gasteiger partial charge is 0.125 e. The summed E-state index contributed by atoms with van der Waals surface area (Å²) in [5.41, 5.74) is 11.7. The van der Waals surface area contributed by atoms with Gasteiger partial charge in [-0.3, -0.25) is 0 Å². The van der Waals surface area contributed by atoms with Crippen molar-refractivity contribution < 1.29 is 9.47 Å². The first kappa shape index (κ1) is 11.8. The third kappa shape index (κ3) is 3.42. The van der Waals surface area contributed by atoms with Gasteiger partial charge in [0.15, 0.2) is 0 Å². The topological polar surface area (TPSA) is 70.5 Å². The first-order valence-corrected chi connectivity index (χ1v) is 4.75. The van der Waals surface area contributed by atoms with Crippen LogP contribution >= 0.6 is 0 Å². The molecule has 4 N–H and O–H groups in total. The predicted molar refractivity (Wildman–Crippen MR) is 60.0 cm³/mol. The van der Waals surface area contributed by atoms with Gasteiger partial charge in [0.1, 0.15) is 11.5 Å². The molecule has 0 atom stereocenters. The molecule has 0 fully saturated rings. The quantitative estimate of drug-likeness (QED) is 0.724. The Labute approximate surface area is 90.2 Å². The van der Waals surface area contributed by atoms with Gasteiger partial charge >= 0.3 is 0 Å². The Kier molecular flexibility index (Phi) is 3.55. The maximum atomic E-state index is 5.75. The van der Waals surface area contributed by atoms with Crippen LogP contribution in [0.4, 0.5) is 0 Å². The summed E-state index contributed by atoms with van der Waals surface area (Å²) in [4.78, 5) is 0. The van der Waals surface area contributed by atoms with Gasteiger partial charge in [0, 0.05) is 12.5 Å². The van der Waals surface area contributed by atoms with Gasteiger partial charge in [-0.15, -0.1) is 0 Å². The molecule has 0 heterocycles. The van der Waals surface area contributed by atoms with Crippen molar-refractivity contribution in [1.29, 1.82) is 0 Å². The minimum atomic E-state index is -0.734. The van der Waals surface area contributed by atoms with Gasteiger partial charge < -0.3 is 20.9 Å². The zero-order valence-corrected chi connectivity index (χ0v) is 9.41. The van der Waals surface area contributed by atoms with Gasteiger partial charge in [-0.1, -0.05) is 6.07 Å². The van der Waals surface area contributed by atoms with E-state index >= 15 is 0 Å². The number of methoxy groups -OCH3 is 2. The van der Waals surface area contributed by atoms with Gasteiger partial charge in [0.05, 0.1) is 19.9 Å². The van der Waals surface area contributed by atoms with Crippen LogP contribution in [0.15, 0.2) is 18.2 Å². The van der Waals surface area contributed by atoms with Gasteiger partial charge in [0.2, 0.25) is 0 Å². The lowest BCUT2D eigenvalue weighted by Gasteiger charge is -2.20. The highest BCUT2D eigenvalue weighted by atomic mass is 16.5. The lowest BCUT2D eigenvalue weighted by Crippen LogP contribution is -2.48. The number of ether oxygens (including phenoxy) is 2. The molecule has 0 radical (unpaired) electrons. The van der Waals surface area contributed by atoms with Crippen molar-refractivity contribution in [2.45, 2.75) is 19.0 Å². The molecule has 0 aliphatic rings. The van der Waals surface area contributed by atoms with Gasteiger partial charge in [0.25, 0.3) is 0 Å². The van der Waals surface area contributed by atoms with E-state index in [0.29, 0.717) is 6.42 Å². The van der Waals surface area contributed by atoms with Crippen LogP contribution in [-0.2, 0) is 6.42 Å². The minimum absolute atomic E-state index is 0.556. The predicted octanol–water partition coefficient (Wildman–Crippen LogP) is 0.880. The summed E-state index contributed by atoms with van der Waals surface area (Å²) in [5.74, 6) is 1.50. The Bertz CT molecular complexity index is 332. The maximum absolute atomic E-state index is 5.75. The largest absolute Gasteiger partial charge is 0.497 e. The SMILES string of the molecule is COc1ccc(CC(C)(N)N)c(OC)c1. The van der Waals surface area contributed by atoms with E-state index in [-0.39, 0.29) is 0 Å². The normalized spacial score (nSPS) is 11.3. The second-order valence-electron chi connectivity index (χ2n) is 3.86. The molecule has 0 saturated carbocycles. The molecule has 0 unspecified atom stereocenters. The van der Waals surface area contributed by atoms with Crippen LogP contribution < -0.4 is 20.9 Å². The van der Waals surface area contributed by atoms with E-state index < -0.39 is 5.66 Å². The van der Waals surface area contributed by atoms with Crippen LogP contribution in [0.3, 0.4) is 0 Å². The van der Waals surface area contributed by atoms with Crippen LogP contribution in [-0.4, -0.2) is 19.9 Å². The van der Waals surface area contributed by atoms with Crippen molar-refractivity contribution in [1.82, 2.24) is 0 Å². The van der Waals surface area contributed by atoms with Crippen molar-refractivity contribution in [3.8, 4) is 11.5 Å². The highest BCUT2D eigenvalue weighted by Crippen LogP contribution is 2.26. The summed E-state index contributed by atoms with van der Waals surface area (Å²) in [6.45, 7) is 1.77. The van der Waals surface area contributed by atoms with Gasteiger partial charge in [-0.25, -0.2) is 0 Å². The molecule has 15 heavy (non-hydrogen) atoms. The van der Waals surface area contributed by atoms with Crippen LogP contribution in [0.25, 0.3) is 0 Å². The van der Waals surface area contributed by atoms with E-state index in [0.717, 1.165) is 17.1 Å². The van der Waals surface area contributed by atoms with Gasteiger partial charge in [-0.2, -0.15) is 0 Å². The van der Waals surface area contributed by atoms with E-state index in [1.165, 1.54) is 0 Å². The molecule has 1 aromatic carbocycles. The van der Waals surface area contributed by atoms with Crippen LogP contribution in [0, 0.1) is 0 Å². The maximum Gasteiger partial charge on any atom is 0.125 e. The van der Waals surface area contributed by atoms with Crippen molar-refractivity contribution in [2.24, 2.45) is 11.5 Å². The second kappa shape index (κ2) is 4.51. The lowest BCUT2D eigenvalue weighted by molar-refractivity contribution is 0.385. The summed E-state index contributed by atoms with van der Waals surface area (Å²) in [6, 6.07) is 5.60. The molecule has 0 saturated heterocycles. The summed E-state index contributed by atoms with van der Waals surface area (Å²) in [6.07, 6.45) is 0.556. The van der Waals surface area contributed by atoms with E-state index in [9.17, 15) is 0 Å². The number of hydrogen-bond acceptors (Lipinski definition) is 4. The standard InChI is InChI=1S/C11H18N2O2/c1-11(12,13)7-8-4-5-9(14-2)6-10(8)15-3/h4-6H,7,12-13H2,1-3H3. The van der Waals surface area contributed by atoms with E-state index in [2.05, 4.69) is 0 Å². The highest BCUT2D eigenvalue weighted by Gasteiger charge is 2.15. The molecule has 0 bridgehead atoms. The monoisotopic (exact) mass is 210 g/mol. The molecule has 0 amide bonds. The number of benzene rings is 1. The van der Waals surface area contributed by atoms with Crippen molar-refractivity contribution in [3.05, 3.63) is 23.8 Å². The molecule has 4 nitrogen and oxygen atoms in total. The Morgan fingerprint density at radius 3 is 2.33 bits per heavy atom. The Hall–Kier alpha value is -1.26. The first-order chi connectivity index (χ1) is 6.96. The Balaban J connectivity index is 2.97. The molecule has 84 valence electrons. The minimum Gasteiger partial charge on any atom is -0.497 e. The zero-order chi connectivity index (χ0) is 11.5. The molecule has 4 heteroatoms. The summed E-state index contributed by atoms with van der Waals surface area (Å²) in [5, 5.41) is 0. The van der Waals surface area contributed by atoms with Crippen LogP contribution in [0.1, 0.15) is 12.5 Å². The summed E-state index contributed by atoms with van der Waals surface area (Å²) in [7, 11) is 3.23. The molecule has 0 aliphatic heterocycles. The van der Waals surface area contributed by atoms with Crippen molar-refractivity contribution >= 4 is 0 Å². The number of hydrogen-bond donors (Lipinski definition) is 2. The van der Waals surface area contributed by atoms with E-state index in [1.807, 2.05) is 18.2 Å². The Morgan fingerprint density at radius 2 is 1.87 bits per heavy atom. The molecule has 0 spiro atoms. The molecular formula is C11H18N2O2. The molecule has 1 aromatic rings. The van der Waals surface area contributed by atoms with Crippen molar-refractivity contribution in [2.75, 3.05) is 14.2 Å². The third-order valence-electron chi connectivity index (χ3n) is 2.07. The molecule has 1 rings (SSSR count). The fraction of sp³-hybridized carbons (Fsp3) is 0.455. The van der Waals surface area contributed by atoms with E-state index in [1.54, 1.807) is 21.1 Å². The molecule has 0 aliphatic carbocycles. The first-order valence-electron chi connectivity index (χ1n) is 4.75. The number of nitrogens with two attached hydrogens (primary N) is 2. The average molecular weight is 210 g/mol. The van der Waals surface area contributed by atoms with Crippen molar-refractivity contribution in [3.63, 3.8) is 0 Å².